The number of benzene rings is 1. The van der Waals surface area contributed by atoms with Crippen molar-refractivity contribution in [2.45, 2.75) is 34.1 Å². The Morgan fingerprint density at radius 1 is 1.18 bits per heavy atom. The first-order chi connectivity index (χ1) is 13.3. The zero-order chi connectivity index (χ0) is 20.4. The molecule has 2 aromatic heterocycles. The van der Waals surface area contributed by atoms with Crippen LogP contribution in [0.25, 0.3) is 5.65 Å². The lowest BCUT2D eigenvalue weighted by molar-refractivity contribution is -0.141. The van der Waals surface area contributed by atoms with Crippen molar-refractivity contribution in [3.8, 4) is 0 Å². The topological polar surface area (TPSA) is 96.6 Å². The molecule has 3 aromatic rings. The molecule has 146 valence electrons. The fourth-order valence-corrected chi connectivity index (χ4v) is 3.37. The van der Waals surface area contributed by atoms with Gasteiger partial charge < -0.3 is 10.4 Å². The van der Waals surface area contributed by atoms with Gasteiger partial charge in [-0.2, -0.15) is 5.10 Å². The summed E-state index contributed by atoms with van der Waals surface area (Å²) in [5.74, 6) is -2.02. The molecule has 0 aliphatic carbocycles. The molecule has 0 radical (unpaired) electrons. The third-order valence-electron chi connectivity index (χ3n) is 4.72. The van der Waals surface area contributed by atoms with Gasteiger partial charge in [0.15, 0.2) is 5.65 Å². The van der Waals surface area contributed by atoms with Gasteiger partial charge in [-0.25, -0.2) is 9.50 Å². The Kier molecular flexibility index (Phi) is 5.44. The molecule has 2 heterocycles. The van der Waals surface area contributed by atoms with Crippen LogP contribution in [0.1, 0.15) is 38.6 Å². The maximum Gasteiger partial charge on any atom is 0.308 e. The first-order valence-electron chi connectivity index (χ1n) is 9.16. The third kappa shape index (κ3) is 4.03. The van der Waals surface area contributed by atoms with E-state index in [9.17, 15) is 14.7 Å². The van der Waals surface area contributed by atoms with E-state index in [1.807, 2.05) is 51.1 Å². The molecule has 0 bridgehead atoms. The molecule has 0 fully saturated rings. The van der Waals surface area contributed by atoms with E-state index >= 15 is 0 Å². The van der Waals surface area contributed by atoms with Gasteiger partial charge in [-0.3, -0.25) is 9.59 Å². The lowest BCUT2D eigenvalue weighted by Gasteiger charge is -2.14. The molecule has 28 heavy (non-hydrogen) atoms. The number of carbonyl (C=O) groups excluding carboxylic acids is 1. The van der Waals surface area contributed by atoms with Crippen molar-refractivity contribution in [2.24, 2.45) is 5.92 Å². The van der Waals surface area contributed by atoms with E-state index in [1.165, 1.54) is 0 Å². The molecule has 1 atom stereocenters. The Morgan fingerprint density at radius 2 is 1.93 bits per heavy atom. The number of hydrogen-bond donors (Lipinski definition) is 2. The van der Waals surface area contributed by atoms with Gasteiger partial charge in [0.25, 0.3) is 5.91 Å². The number of carbonyl (C=O) groups is 2. The molecular formula is C21H24N4O3. The van der Waals surface area contributed by atoms with Crippen molar-refractivity contribution in [2.75, 3.05) is 6.54 Å². The van der Waals surface area contributed by atoms with Gasteiger partial charge in [-0.15, -0.1) is 0 Å². The number of fused-ring (bicyclic) bond motifs is 1. The number of nitrogens with zero attached hydrogens (tertiary/aromatic N) is 3. The average molecular weight is 380 g/mol. The van der Waals surface area contributed by atoms with Crippen LogP contribution >= 0.6 is 0 Å². The van der Waals surface area contributed by atoms with E-state index in [0.717, 1.165) is 22.5 Å². The zero-order valence-corrected chi connectivity index (χ0v) is 16.5. The van der Waals surface area contributed by atoms with Crippen LogP contribution in [0.4, 0.5) is 0 Å². The predicted molar refractivity (Wildman–Crippen MR) is 106 cm³/mol. The Balaban J connectivity index is 1.79. The quantitative estimate of drug-likeness (QED) is 0.685. The van der Waals surface area contributed by atoms with Crippen LogP contribution in [0.15, 0.2) is 30.3 Å². The van der Waals surface area contributed by atoms with Crippen molar-refractivity contribution in [1.82, 2.24) is 19.9 Å². The summed E-state index contributed by atoms with van der Waals surface area (Å²) in [4.78, 5) is 28.9. The van der Waals surface area contributed by atoms with E-state index in [4.69, 9.17) is 0 Å². The molecule has 2 N–H and O–H groups in total. The Morgan fingerprint density at radius 3 is 2.61 bits per heavy atom. The van der Waals surface area contributed by atoms with Gasteiger partial charge in [-0.1, -0.05) is 29.8 Å². The number of rotatable bonds is 6. The molecule has 1 unspecified atom stereocenters. The summed E-state index contributed by atoms with van der Waals surface area (Å²) >= 11 is 0. The first kappa shape index (κ1) is 19.5. The molecule has 3 rings (SSSR count). The Hall–Kier alpha value is -3.22. The number of aliphatic carboxylic acids is 1. The highest BCUT2D eigenvalue weighted by Crippen LogP contribution is 2.17. The second-order valence-corrected chi connectivity index (χ2v) is 7.17. The minimum atomic E-state index is -0.941. The summed E-state index contributed by atoms with van der Waals surface area (Å²) in [7, 11) is 0. The highest BCUT2D eigenvalue weighted by molar-refractivity contribution is 6.01. The Bertz CT molecular complexity index is 1060. The summed E-state index contributed by atoms with van der Waals surface area (Å²) in [5.41, 5.74) is 5.11. The largest absolute Gasteiger partial charge is 0.481 e. The fraction of sp³-hybridized carbons (Fsp3) is 0.333. The van der Waals surface area contributed by atoms with Crippen LogP contribution in [0.2, 0.25) is 0 Å². The van der Waals surface area contributed by atoms with E-state index in [0.29, 0.717) is 23.3 Å². The second kappa shape index (κ2) is 7.80. The fourth-order valence-electron chi connectivity index (χ4n) is 3.37. The predicted octanol–water partition coefficient (Wildman–Crippen LogP) is 2.64. The van der Waals surface area contributed by atoms with Gasteiger partial charge in [0.2, 0.25) is 0 Å². The molecular weight excluding hydrogens is 356 g/mol. The van der Waals surface area contributed by atoms with Crippen LogP contribution in [0.3, 0.4) is 0 Å². The SMILES string of the molecule is Cc1cccc(CC(CNC(=O)c2c(C)nn3c(C)cc(C)nc23)C(=O)O)c1. The first-order valence-corrected chi connectivity index (χ1v) is 9.16. The highest BCUT2D eigenvalue weighted by atomic mass is 16.4. The number of nitrogens with one attached hydrogen (secondary N) is 1. The van der Waals surface area contributed by atoms with E-state index in [-0.39, 0.29) is 12.5 Å². The van der Waals surface area contributed by atoms with Crippen molar-refractivity contribution in [1.29, 1.82) is 0 Å². The molecule has 0 aliphatic heterocycles. The van der Waals surface area contributed by atoms with Crippen molar-refractivity contribution in [3.63, 3.8) is 0 Å². The number of amides is 1. The third-order valence-corrected chi connectivity index (χ3v) is 4.72. The minimum absolute atomic E-state index is 0.0314. The number of carboxylic acids is 1. The van der Waals surface area contributed by atoms with Crippen molar-refractivity contribution >= 4 is 17.5 Å². The van der Waals surface area contributed by atoms with Crippen LogP contribution < -0.4 is 5.32 Å². The summed E-state index contributed by atoms with van der Waals surface area (Å²) in [6, 6.07) is 9.62. The number of aryl methyl sites for hydroxylation is 4. The molecule has 0 saturated heterocycles. The van der Waals surface area contributed by atoms with Crippen LogP contribution in [-0.4, -0.2) is 38.1 Å². The maximum atomic E-state index is 12.8. The van der Waals surface area contributed by atoms with E-state index in [2.05, 4.69) is 15.4 Å². The summed E-state index contributed by atoms with van der Waals surface area (Å²) < 4.78 is 1.64. The lowest BCUT2D eigenvalue weighted by atomic mass is 9.98. The highest BCUT2D eigenvalue weighted by Gasteiger charge is 2.23. The molecule has 7 nitrogen and oxygen atoms in total. The number of hydrogen-bond acceptors (Lipinski definition) is 4. The average Bonchev–Trinajstić information content (AvgIpc) is 2.94. The summed E-state index contributed by atoms with van der Waals surface area (Å²) in [6.45, 7) is 7.51. The number of carboxylic acid groups (broad SMARTS) is 1. The molecule has 0 saturated carbocycles. The minimum Gasteiger partial charge on any atom is -0.481 e. The van der Waals surface area contributed by atoms with Crippen LogP contribution in [-0.2, 0) is 11.2 Å². The number of aromatic nitrogens is 3. The van der Waals surface area contributed by atoms with Crippen LogP contribution in [0, 0.1) is 33.6 Å². The maximum absolute atomic E-state index is 12.8. The smallest absolute Gasteiger partial charge is 0.308 e. The second-order valence-electron chi connectivity index (χ2n) is 7.17. The normalized spacial score (nSPS) is 12.1. The van der Waals surface area contributed by atoms with Gasteiger partial charge in [0, 0.05) is 17.9 Å². The summed E-state index contributed by atoms with van der Waals surface area (Å²) in [5, 5.41) is 16.7. The monoisotopic (exact) mass is 380 g/mol. The van der Waals surface area contributed by atoms with Gasteiger partial charge in [0.05, 0.1) is 11.6 Å². The zero-order valence-electron chi connectivity index (χ0n) is 16.5. The van der Waals surface area contributed by atoms with Gasteiger partial charge in [-0.05, 0) is 45.7 Å². The molecule has 0 aliphatic rings. The van der Waals surface area contributed by atoms with Crippen LogP contribution in [0.5, 0.6) is 0 Å². The van der Waals surface area contributed by atoms with Gasteiger partial charge >= 0.3 is 5.97 Å². The van der Waals surface area contributed by atoms with E-state index in [1.54, 1.807) is 11.4 Å². The molecule has 1 amide bonds. The summed E-state index contributed by atoms with van der Waals surface area (Å²) in [6.07, 6.45) is 0.349. The lowest BCUT2D eigenvalue weighted by Crippen LogP contribution is -2.34. The standard InChI is InChI=1S/C21H24N4O3/c1-12-6-5-7-16(8-12)10-17(21(27)28)11-22-20(26)18-15(4)24-25-14(3)9-13(2)23-19(18)25/h5-9,17H,10-11H2,1-4H3,(H,22,26)(H,27,28). The molecule has 1 aromatic carbocycles. The van der Waals surface area contributed by atoms with Crippen molar-refractivity contribution < 1.29 is 14.7 Å². The molecule has 0 spiro atoms. The van der Waals surface area contributed by atoms with Crippen molar-refractivity contribution in [3.05, 3.63) is 64.1 Å². The van der Waals surface area contributed by atoms with E-state index < -0.39 is 11.9 Å². The molecule has 7 heteroatoms. The Labute approximate surface area is 163 Å². The van der Waals surface area contributed by atoms with Gasteiger partial charge in [0.1, 0.15) is 5.56 Å².